The summed E-state index contributed by atoms with van der Waals surface area (Å²) < 4.78 is 20.4. The predicted octanol–water partition coefficient (Wildman–Crippen LogP) is 5.44. The Labute approximate surface area is 198 Å². The monoisotopic (exact) mass is 458 g/mol. The van der Waals surface area contributed by atoms with Crippen LogP contribution in [0.25, 0.3) is 16.6 Å². The number of fused-ring (bicyclic) bond motifs is 1. The molecule has 7 heteroatoms. The number of alkyl halides is 1. The van der Waals surface area contributed by atoms with E-state index in [0.29, 0.717) is 22.6 Å². The molecule has 4 rings (SSSR count). The minimum absolute atomic E-state index is 0.196. The lowest BCUT2D eigenvalue weighted by Crippen LogP contribution is -2.28. The van der Waals surface area contributed by atoms with Gasteiger partial charge in [0.1, 0.15) is 11.3 Å². The zero-order chi connectivity index (χ0) is 24.5. The van der Waals surface area contributed by atoms with Crippen molar-refractivity contribution in [1.82, 2.24) is 9.55 Å². The molecule has 1 aliphatic heterocycles. The van der Waals surface area contributed by atoms with Gasteiger partial charge in [-0.25, -0.2) is 18.7 Å². The third-order valence-corrected chi connectivity index (χ3v) is 5.15. The number of pyridine rings is 1. The minimum Gasteiger partial charge on any atom is -0.443 e. The average molecular weight is 459 g/mol. The Bertz CT molecular complexity index is 1350. The Hall–Kier alpha value is -3.92. The Morgan fingerprint density at radius 2 is 1.88 bits per heavy atom. The van der Waals surface area contributed by atoms with Crippen LogP contribution >= 0.6 is 0 Å². The first-order valence-corrected chi connectivity index (χ1v) is 11.0. The Morgan fingerprint density at radius 3 is 2.50 bits per heavy atom. The number of hydrogen-bond donors (Lipinski definition) is 0. The standard InChI is InChI=1S/C27H27FN4O2/c1-27(2,3)34-26(33)32-22(13-8-18-6-11-21(12-7-18)31(4)5)16-19-9-14-23(30-25(19)32)20-10-15-24(28)29-17-20/h6-7,9-12,14,16-17,24H,15H2,1-5H3. The second-order valence-electron chi connectivity index (χ2n) is 9.25. The Morgan fingerprint density at radius 1 is 1.15 bits per heavy atom. The van der Waals surface area contributed by atoms with Crippen molar-refractivity contribution >= 4 is 34.6 Å². The summed E-state index contributed by atoms with van der Waals surface area (Å²) >= 11 is 0. The van der Waals surface area contributed by atoms with E-state index in [2.05, 4.69) is 21.8 Å². The molecule has 34 heavy (non-hydrogen) atoms. The number of aromatic nitrogens is 2. The number of carbonyl (C=O) groups is 1. The molecule has 3 heterocycles. The zero-order valence-electron chi connectivity index (χ0n) is 20.0. The number of allylic oxidation sites excluding steroid dienone is 1. The molecule has 0 bridgehead atoms. The molecule has 1 atom stereocenters. The summed E-state index contributed by atoms with van der Waals surface area (Å²) in [7, 11) is 3.96. The van der Waals surface area contributed by atoms with Gasteiger partial charge in [0.15, 0.2) is 11.9 Å². The maximum atomic E-state index is 13.4. The van der Waals surface area contributed by atoms with E-state index in [0.717, 1.165) is 16.6 Å². The summed E-state index contributed by atoms with van der Waals surface area (Å²) in [5, 5.41) is 0.749. The number of anilines is 1. The normalized spacial score (nSPS) is 15.5. The van der Waals surface area contributed by atoms with Crippen LogP contribution in [0.4, 0.5) is 14.9 Å². The van der Waals surface area contributed by atoms with Gasteiger partial charge in [-0.2, -0.15) is 0 Å². The molecule has 0 N–H and O–H groups in total. The van der Waals surface area contributed by atoms with E-state index in [1.54, 1.807) is 6.08 Å². The molecule has 6 nitrogen and oxygen atoms in total. The largest absolute Gasteiger partial charge is 0.443 e. The molecule has 174 valence electrons. The molecule has 1 aliphatic rings. The summed E-state index contributed by atoms with van der Waals surface area (Å²) in [6, 6.07) is 13.4. The Kier molecular flexibility index (Phi) is 6.25. The number of benzene rings is 1. The quantitative estimate of drug-likeness (QED) is 0.379. The molecule has 0 saturated carbocycles. The summed E-state index contributed by atoms with van der Waals surface area (Å²) in [5.74, 6) is 6.24. The van der Waals surface area contributed by atoms with E-state index in [4.69, 9.17) is 4.74 Å². The van der Waals surface area contributed by atoms with Crippen molar-refractivity contribution in [2.45, 2.75) is 39.1 Å². The van der Waals surface area contributed by atoms with Crippen molar-refractivity contribution in [3.05, 3.63) is 65.5 Å². The SMILES string of the molecule is CN(C)c1ccc(C#Cc2cc3ccc(C4=CCC(F)N=C4)nc3n2C(=O)OC(C)(C)C)cc1. The van der Waals surface area contributed by atoms with E-state index in [1.165, 1.54) is 10.8 Å². The Balaban J connectivity index is 1.79. The lowest BCUT2D eigenvalue weighted by Gasteiger charge is -2.20. The number of aliphatic imine (C=N–C) groups is 1. The fourth-order valence-electron chi connectivity index (χ4n) is 3.47. The average Bonchev–Trinajstić information content (AvgIpc) is 3.15. The van der Waals surface area contributed by atoms with Gasteiger partial charge in [0.25, 0.3) is 0 Å². The number of halogens is 1. The van der Waals surface area contributed by atoms with Gasteiger partial charge in [0.05, 0.1) is 5.69 Å². The lowest BCUT2D eigenvalue weighted by molar-refractivity contribution is 0.0542. The second kappa shape index (κ2) is 9.14. The van der Waals surface area contributed by atoms with Gasteiger partial charge < -0.3 is 9.64 Å². The predicted molar refractivity (Wildman–Crippen MR) is 134 cm³/mol. The topological polar surface area (TPSA) is 59.7 Å². The molecule has 0 saturated heterocycles. The van der Waals surface area contributed by atoms with Crippen LogP contribution in [-0.2, 0) is 4.74 Å². The molecule has 0 amide bonds. The number of ether oxygens (including phenoxy) is 1. The van der Waals surface area contributed by atoms with E-state index < -0.39 is 18.0 Å². The number of rotatable bonds is 2. The maximum absolute atomic E-state index is 13.4. The van der Waals surface area contributed by atoms with Gasteiger partial charge in [-0.3, -0.25) is 4.99 Å². The van der Waals surface area contributed by atoms with Crippen LogP contribution in [0.1, 0.15) is 44.1 Å². The number of hydrogen-bond acceptors (Lipinski definition) is 5. The highest BCUT2D eigenvalue weighted by Crippen LogP contribution is 2.24. The van der Waals surface area contributed by atoms with E-state index in [9.17, 15) is 9.18 Å². The smallest absolute Gasteiger partial charge is 0.421 e. The van der Waals surface area contributed by atoms with Crippen molar-refractivity contribution in [3.63, 3.8) is 0 Å². The van der Waals surface area contributed by atoms with Gasteiger partial charge in [0, 0.05) is 48.9 Å². The first-order valence-electron chi connectivity index (χ1n) is 11.0. The van der Waals surface area contributed by atoms with Crippen LogP contribution < -0.4 is 4.90 Å². The van der Waals surface area contributed by atoms with Crippen LogP contribution in [0.5, 0.6) is 0 Å². The summed E-state index contributed by atoms with van der Waals surface area (Å²) in [5.41, 5.74) is 3.42. The van der Waals surface area contributed by atoms with Crippen LogP contribution in [0.15, 0.2) is 53.5 Å². The fraction of sp³-hybridized carbons (Fsp3) is 0.296. The second-order valence-corrected chi connectivity index (χ2v) is 9.25. The van der Waals surface area contributed by atoms with Gasteiger partial charge in [-0.05, 0) is 69.2 Å². The van der Waals surface area contributed by atoms with Gasteiger partial charge in [-0.15, -0.1) is 0 Å². The molecular formula is C27H27FN4O2. The maximum Gasteiger partial charge on any atom is 0.421 e. The number of dihydropyridines is 1. The molecule has 2 aromatic heterocycles. The molecule has 3 aromatic rings. The molecule has 1 unspecified atom stereocenters. The van der Waals surface area contributed by atoms with Gasteiger partial charge >= 0.3 is 6.09 Å². The van der Waals surface area contributed by atoms with Crippen molar-refractivity contribution in [2.24, 2.45) is 4.99 Å². The molecule has 0 radical (unpaired) electrons. The highest BCUT2D eigenvalue weighted by Gasteiger charge is 2.23. The molecular weight excluding hydrogens is 431 g/mol. The highest BCUT2D eigenvalue weighted by atomic mass is 19.1. The van der Waals surface area contributed by atoms with Crippen LogP contribution in [0, 0.1) is 11.8 Å². The fourth-order valence-corrected chi connectivity index (χ4v) is 3.47. The zero-order valence-corrected chi connectivity index (χ0v) is 20.0. The molecule has 0 aliphatic carbocycles. The van der Waals surface area contributed by atoms with Crippen molar-refractivity contribution in [2.75, 3.05) is 19.0 Å². The minimum atomic E-state index is -1.23. The number of nitrogens with zero attached hydrogens (tertiary/aromatic N) is 4. The summed E-state index contributed by atoms with van der Waals surface area (Å²) in [6.07, 6.45) is 1.63. The van der Waals surface area contributed by atoms with Crippen molar-refractivity contribution < 1.29 is 13.9 Å². The van der Waals surface area contributed by atoms with Crippen molar-refractivity contribution in [3.8, 4) is 11.8 Å². The van der Waals surface area contributed by atoms with Gasteiger partial charge in [0.2, 0.25) is 0 Å². The third-order valence-electron chi connectivity index (χ3n) is 5.15. The molecule has 0 spiro atoms. The van der Waals surface area contributed by atoms with Crippen LogP contribution in [0.3, 0.4) is 0 Å². The van der Waals surface area contributed by atoms with Crippen molar-refractivity contribution in [1.29, 1.82) is 0 Å². The summed E-state index contributed by atoms with van der Waals surface area (Å²) in [4.78, 5) is 23.7. The lowest BCUT2D eigenvalue weighted by atomic mass is 10.1. The van der Waals surface area contributed by atoms with Crippen LogP contribution in [0.2, 0.25) is 0 Å². The summed E-state index contributed by atoms with van der Waals surface area (Å²) in [6.45, 7) is 5.43. The van der Waals surface area contributed by atoms with Gasteiger partial charge in [-0.1, -0.05) is 12.0 Å². The molecule has 0 fully saturated rings. The van der Waals surface area contributed by atoms with E-state index in [-0.39, 0.29) is 6.42 Å². The van der Waals surface area contributed by atoms with Crippen LogP contribution in [-0.4, -0.2) is 47.9 Å². The first kappa shape index (κ1) is 23.2. The number of carbonyl (C=O) groups excluding carboxylic acids is 1. The molecule has 1 aromatic carbocycles. The first-order chi connectivity index (χ1) is 16.1. The van der Waals surface area contributed by atoms with E-state index in [1.807, 2.05) is 82.2 Å². The highest BCUT2D eigenvalue weighted by molar-refractivity contribution is 6.10. The van der Waals surface area contributed by atoms with E-state index >= 15 is 0 Å². The third kappa shape index (κ3) is 5.18.